The van der Waals surface area contributed by atoms with E-state index in [2.05, 4.69) is 10.3 Å². The molecule has 1 amide bonds. The lowest BCUT2D eigenvalue weighted by Crippen LogP contribution is -2.48. The number of hydrogen-bond acceptors (Lipinski definition) is 3. The number of H-pyrrole nitrogens is 1. The van der Waals surface area contributed by atoms with Gasteiger partial charge in [0.2, 0.25) is 6.33 Å². The monoisotopic (exact) mass is 280 g/mol. The first-order chi connectivity index (χ1) is 9.32. The maximum absolute atomic E-state index is 12.2. The van der Waals surface area contributed by atoms with Crippen LogP contribution in [0.3, 0.4) is 0 Å². The van der Waals surface area contributed by atoms with E-state index in [0.29, 0.717) is 11.2 Å². The lowest BCUT2D eigenvalue weighted by Gasteiger charge is -2.06. The summed E-state index contributed by atoms with van der Waals surface area (Å²) in [4.78, 5) is 38.6. The van der Waals surface area contributed by atoms with Crippen molar-refractivity contribution in [2.45, 2.75) is 26.4 Å². The van der Waals surface area contributed by atoms with Crippen LogP contribution >= 0.6 is 0 Å². The Morgan fingerprint density at radius 1 is 1.35 bits per heavy atom. The van der Waals surface area contributed by atoms with Gasteiger partial charge in [0, 0.05) is 20.1 Å². The molecule has 0 aromatic carbocycles. The van der Waals surface area contributed by atoms with Crippen LogP contribution in [0.5, 0.6) is 0 Å². The van der Waals surface area contributed by atoms with E-state index in [1.807, 2.05) is 13.8 Å². The molecule has 2 aromatic heterocycles. The molecule has 2 heterocycles. The van der Waals surface area contributed by atoms with Gasteiger partial charge in [0.1, 0.15) is 0 Å². The van der Waals surface area contributed by atoms with E-state index >= 15 is 0 Å². The van der Waals surface area contributed by atoms with Gasteiger partial charge in [-0.15, -0.1) is 0 Å². The molecule has 0 saturated heterocycles. The molecule has 0 saturated carbocycles. The van der Waals surface area contributed by atoms with Crippen molar-refractivity contribution in [2.75, 3.05) is 0 Å². The highest BCUT2D eigenvalue weighted by atomic mass is 16.2. The molecule has 0 aliphatic carbocycles. The highest BCUT2D eigenvalue weighted by molar-refractivity contribution is 5.75. The average molecular weight is 280 g/mol. The number of imidazole rings is 1. The molecule has 0 unspecified atom stereocenters. The molecule has 0 aliphatic rings. The summed E-state index contributed by atoms with van der Waals surface area (Å²) in [6, 6.07) is 0.0282. The minimum Gasteiger partial charge on any atom is -0.351 e. The fraction of sp³-hybridized carbons (Fsp3) is 0.500. The van der Waals surface area contributed by atoms with Crippen LogP contribution in [0.2, 0.25) is 0 Å². The van der Waals surface area contributed by atoms with Gasteiger partial charge in [-0.25, -0.2) is 14.3 Å². The number of nitrogens with one attached hydrogen (secondary N) is 2. The van der Waals surface area contributed by atoms with Gasteiger partial charge in [-0.05, 0) is 13.8 Å². The van der Waals surface area contributed by atoms with Crippen LogP contribution in [-0.4, -0.2) is 26.1 Å². The average Bonchev–Trinajstić information content (AvgIpc) is 2.76. The molecule has 8 nitrogen and oxygen atoms in total. The Morgan fingerprint density at radius 3 is 2.60 bits per heavy atom. The predicted octanol–water partition coefficient (Wildman–Crippen LogP) is -1.62. The van der Waals surface area contributed by atoms with Gasteiger partial charge in [-0.2, -0.15) is 0 Å². The zero-order chi connectivity index (χ0) is 15.0. The third-order valence-corrected chi connectivity index (χ3v) is 3.05. The number of aromatic amines is 1. The molecule has 2 rings (SSSR count). The van der Waals surface area contributed by atoms with Crippen LogP contribution in [0.1, 0.15) is 13.8 Å². The van der Waals surface area contributed by atoms with Gasteiger partial charge in [-0.3, -0.25) is 18.7 Å². The molecule has 108 valence electrons. The van der Waals surface area contributed by atoms with E-state index in [9.17, 15) is 14.4 Å². The van der Waals surface area contributed by atoms with Crippen molar-refractivity contribution in [2.24, 2.45) is 14.1 Å². The molecule has 0 fully saturated rings. The number of rotatable bonds is 3. The molecule has 2 aromatic rings. The highest BCUT2D eigenvalue weighted by Crippen LogP contribution is 1.97. The second-order valence-corrected chi connectivity index (χ2v) is 5.03. The number of aromatic nitrogens is 4. The first kappa shape index (κ1) is 14.0. The summed E-state index contributed by atoms with van der Waals surface area (Å²) in [7, 11) is 2.98. The molecule has 2 N–H and O–H groups in total. The van der Waals surface area contributed by atoms with Crippen molar-refractivity contribution in [3.05, 3.63) is 27.2 Å². The zero-order valence-electron chi connectivity index (χ0n) is 11.9. The maximum atomic E-state index is 12.2. The van der Waals surface area contributed by atoms with Gasteiger partial charge in [-0.1, -0.05) is 0 Å². The second kappa shape index (κ2) is 4.95. The number of nitrogens with zero attached hydrogens (tertiary/aromatic N) is 3. The molecule has 0 aliphatic heterocycles. The van der Waals surface area contributed by atoms with Gasteiger partial charge < -0.3 is 5.32 Å². The van der Waals surface area contributed by atoms with Crippen molar-refractivity contribution >= 4 is 17.1 Å². The van der Waals surface area contributed by atoms with Gasteiger partial charge in [0.25, 0.3) is 17.1 Å². The number of carbonyl (C=O) groups is 1. The SMILES string of the molecule is CC(C)NC(=O)C[n+]1c[nH]c2c1c(=O)n(C)c(=O)n2C. The lowest BCUT2D eigenvalue weighted by atomic mass is 10.4. The Hall–Kier alpha value is -2.38. The lowest BCUT2D eigenvalue weighted by molar-refractivity contribution is -0.659. The van der Waals surface area contributed by atoms with Crippen LogP contribution in [0.15, 0.2) is 15.9 Å². The van der Waals surface area contributed by atoms with Crippen LogP contribution in [0.4, 0.5) is 0 Å². The number of fused-ring (bicyclic) bond motifs is 1. The molecule has 0 atom stereocenters. The summed E-state index contributed by atoms with van der Waals surface area (Å²) < 4.78 is 3.87. The normalized spacial score (nSPS) is 11.2. The van der Waals surface area contributed by atoms with E-state index in [1.165, 1.54) is 22.5 Å². The van der Waals surface area contributed by atoms with Crippen LogP contribution < -0.4 is 21.1 Å². The predicted molar refractivity (Wildman–Crippen MR) is 72.3 cm³/mol. The third-order valence-electron chi connectivity index (χ3n) is 3.05. The van der Waals surface area contributed by atoms with Crippen LogP contribution in [-0.2, 0) is 25.4 Å². The van der Waals surface area contributed by atoms with Gasteiger partial charge >= 0.3 is 11.2 Å². The fourth-order valence-electron chi connectivity index (χ4n) is 2.10. The summed E-state index contributed by atoms with van der Waals surface area (Å²) in [6.45, 7) is 3.74. The standard InChI is InChI=1S/C12H17N5O3/c1-7(2)14-8(18)5-17-6-13-10-9(17)11(19)16(4)12(20)15(10)3/h6-7H,5H2,1-4H3,(H,14,18)/p+1. The van der Waals surface area contributed by atoms with Crippen LogP contribution in [0, 0.1) is 0 Å². The van der Waals surface area contributed by atoms with Crippen molar-refractivity contribution in [1.82, 2.24) is 19.4 Å². The largest absolute Gasteiger partial charge is 0.351 e. The fourth-order valence-corrected chi connectivity index (χ4v) is 2.10. The highest BCUT2D eigenvalue weighted by Gasteiger charge is 2.21. The molecule has 0 spiro atoms. The summed E-state index contributed by atoms with van der Waals surface area (Å²) in [5.41, 5.74) is -0.145. The summed E-state index contributed by atoms with van der Waals surface area (Å²) in [6.07, 6.45) is 1.52. The Bertz CT molecular complexity index is 781. The molecular formula is C12H18N5O3+. The van der Waals surface area contributed by atoms with Gasteiger partial charge in [0.15, 0.2) is 6.54 Å². The zero-order valence-corrected chi connectivity index (χ0v) is 11.9. The Kier molecular flexibility index (Phi) is 3.47. The summed E-state index contributed by atoms with van der Waals surface area (Å²) in [5, 5.41) is 2.75. The quantitative estimate of drug-likeness (QED) is 0.662. The third kappa shape index (κ3) is 2.24. The van der Waals surface area contributed by atoms with E-state index in [0.717, 1.165) is 4.57 Å². The molecule has 0 bridgehead atoms. The topological polar surface area (TPSA) is 92.8 Å². The molecule has 8 heteroatoms. The Balaban J connectivity index is 2.55. The smallest absolute Gasteiger partial charge is 0.333 e. The van der Waals surface area contributed by atoms with Crippen molar-refractivity contribution in [3.63, 3.8) is 0 Å². The number of aryl methyl sites for hydroxylation is 1. The second-order valence-electron chi connectivity index (χ2n) is 5.03. The van der Waals surface area contributed by atoms with Gasteiger partial charge in [0.05, 0.1) is 0 Å². The summed E-state index contributed by atoms with van der Waals surface area (Å²) >= 11 is 0. The van der Waals surface area contributed by atoms with E-state index < -0.39 is 11.2 Å². The minimum atomic E-state index is -0.429. The number of amides is 1. The van der Waals surface area contributed by atoms with E-state index in [-0.39, 0.29) is 18.5 Å². The van der Waals surface area contributed by atoms with Crippen molar-refractivity contribution in [1.29, 1.82) is 0 Å². The first-order valence-corrected chi connectivity index (χ1v) is 6.28. The minimum absolute atomic E-state index is 0.0195. The Labute approximate surface area is 114 Å². The van der Waals surface area contributed by atoms with Crippen LogP contribution in [0.25, 0.3) is 11.2 Å². The first-order valence-electron chi connectivity index (χ1n) is 6.28. The van der Waals surface area contributed by atoms with E-state index in [1.54, 1.807) is 7.05 Å². The molecule has 20 heavy (non-hydrogen) atoms. The maximum Gasteiger partial charge on any atom is 0.333 e. The molecule has 0 radical (unpaired) electrons. The number of carbonyl (C=O) groups excluding carboxylic acids is 1. The van der Waals surface area contributed by atoms with Crippen molar-refractivity contribution < 1.29 is 9.36 Å². The Morgan fingerprint density at radius 2 is 2.00 bits per heavy atom. The molecular weight excluding hydrogens is 262 g/mol. The summed E-state index contributed by atoms with van der Waals surface area (Å²) in [5.74, 6) is -0.193. The number of hydrogen-bond donors (Lipinski definition) is 2. The van der Waals surface area contributed by atoms with Crippen molar-refractivity contribution in [3.8, 4) is 0 Å². The van der Waals surface area contributed by atoms with E-state index in [4.69, 9.17) is 0 Å².